The predicted octanol–water partition coefficient (Wildman–Crippen LogP) is 3.58. The minimum absolute atomic E-state index is 0.304. The Morgan fingerprint density at radius 3 is 2.33 bits per heavy atom. The highest BCUT2D eigenvalue weighted by molar-refractivity contribution is 5.86. The van der Waals surface area contributed by atoms with Crippen molar-refractivity contribution in [2.24, 2.45) is 10.6 Å². The number of rotatable bonds is 4. The predicted molar refractivity (Wildman–Crippen MR) is 73.4 cm³/mol. The van der Waals surface area contributed by atoms with Gasteiger partial charge in [-0.25, -0.2) is 4.79 Å². The Balaban J connectivity index is 2.64. The molecule has 3 nitrogen and oxygen atoms in total. The van der Waals surface area contributed by atoms with E-state index in [4.69, 9.17) is 4.84 Å². The van der Waals surface area contributed by atoms with Crippen LogP contribution in [0.2, 0.25) is 0 Å². The van der Waals surface area contributed by atoms with Crippen LogP contribution in [0.3, 0.4) is 0 Å². The first-order chi connectivity index (χ1) is 8.43. The largest absolute Gasteiger partial charge is 0.340 e. The second-order valence-corrected chi connectivity index (χ2v) is 5.30. The van der Waals surface area contributed by atoms with Gasteiger partial charge in [-0.15, -0.1) is 0 Å². The third kappa shape index (κ3) is 4.70. The molecule has 0 aliphatic heterocycles. The molecule has 0 fully saturated rings. The molecule has 0 amide bonds. The molecule has 1 aromatic carbocycles. The fourth-order valence-corrected chi connectivity index (χ4v) is 1.30. The van der Waals surface area contributed by atoms with Gasteiger partial charge in [-0.1, -0.05) is 42.4 Å². The zero-order chi connectivity index (χ0) is 13.6. The summed E-state index contributed by atoms with van der Waals surface area (Å²) in [5.41, 5.74) is 1.53. The van der Waals surface area contributed by atoms with Gasteiger partial charge in [0.05, 0.1) is 11.1 Å². The Hall–Kier alpha value is -1.64. The Labute approximate surface area is 109 Å². The topological polar surface area (TPSA) is 38.7 Å². The molecule has 0 atom stereocenters. The first kappa shape index (κ1) is 14.4. The first-order valence-corrected chi connectivity index (χ1v) is 6.24. The van der Waals surface area contributed by atoms with Crippen molar-refractivity contribution >= 4 is 11.7 Å². The number of carbonyl (C=O) groups excluding carboxylic acids is 1. The molecule has 18 heavy (non-hydrogen) atoms. The highest BCUT2D eigenvalue weighted by Crippen LogP contribution is 2.15. The summed E-state index contributed by atoms with van der Waals surface area (Å²) in [6.45, 7) is 7.45. The van der Waals surface area contributed by atoms with E-state index in [-0.39, 0.29) is 5.97 Å². The van der Waals surface area contributed by atoms with E-state index in [0.29, 0.717) is 0 Å². The maximum atomic E-state index is 11.6. The van der Waals surface area contributed by atoms with E-state index in [2.05, 4.69) is 5.16 Å². The average molecular weight is 247 g/mol. The number of hydrogen-bond donors (Lipinski definition) is 0. The number of benzene rings is 1. The third-order valence-electron chi connectivity index (χ3n) is 2.53. The van der Waals surface area contributed by atoms with Crippen LogP contribution in [0.5, 0.6) is 0 Å². The summed E-state index contributed by atoms with van der Waals surface area (Å²) in [5.74, 6) is -0.304. The third-order valence-corrected chi connectivity index (χ3v) is 2.53. The van der Waals surface area contributed by atoms with Crippen molar-refractivity contribution in [2.75, 3.05) is 0 Å². The van der Waals surface area contributed by atoms with Crippen LogP contribution in [-0.2, 0) is 16.1 Å². The molecule has 0 aliphatic carbocycles. The number of hydrogen-bond acceptors (Lipinski definition) is 3. The lowest BCUT2D eigenvalue weighted by Crippen LogP contribution is -2.21. The molecule has 0 bridgehead atoms. The minimum atomic E-state index is -0.519. The van der Waals surface area contributed by atoms with Crippen molar-refractivity contribution < 1.29 is 9.63 Å². The van der Waals surface area contributed by atoms with Gasteiger partial charge in [0, 0.05) is 6.42 Å². The average Bonchev–Trinajstić information content (AvgIpc) is 2.34. The van der Waals surface area contributed by atoms with Gasteiger partial charge < -0.3 is 4.84 Å². The van der Waals surface area contributed by atoms with E-state index in [1.54, 1.807) is 0 Å². The number of oxime groups is 1. The summed E-state index contributed by atoms with van der Waals surface area (Å²) in [6, 6.07) is 10.0. The van der Waals surface area contributed by atoms with Crippen LogP contribution in [0.4, 0.5) is 0 Å². The molecule has 3 heteroatoms. The zero-order valence-corrected chi connectivity index (χ0v) is 11.6. The Bertz CT molecular complexity index is 416. The normalized spacial score (nSPS) is 12.3. The summed E-state index contributed by atoms with van der Waals surface area (Å²) in [6.07, 6.45) is 1.49. The molecule has 0 aliphatic rings. The van der Waals surface area contributed by atoms with E-state index >= 15 is 0 Å². The Morgan fingerprint density at radius 1 is 1.22 bits per heavy atom. The van der Waals surface area contributed by atoms with Crippen LogP contribution in [0.1, 0.15) is 39.7 Å². The van der Waals surface area contributed by atoms with Crippen LogP contribution < -0.4 is 0 Å². The molecule has 0 aromatic heterocycles. The zero-order valence-electron chi connectivity index (χ0n) is 11.6. The molecule has 1 rings (SSSR count). The molecule has 0 saturated heterocycles. The molecule has 0 saturated carbocycles. The fraction of sp³-hybridized carbons (Fsp3) is 0.467. The molecule has 0 unspecified atom stereocenters. The monoisotopic (exact) mass is 247 g/mol. The summed E-state index contributed by atoms with van der Waals surface area (Å²) in [5, 5.41) is 3.97. The van der Waals surface area contributed by atoms with E-state index < -0.39 is 5.41 Å². The lowest BCUT2D eigenvalue weighted by atomic mass is 9.98. The molecule has 0 heterocycles. The quantitative estimate of drug-likeness (QED) is 0.463. The second-order valence-electron chi connectivity index (χ2n) is 5.30. The lowest BCUT2D eigenvalue weighted by Gasteiger charge is -2.13. The van der Waals surface area contributed by atoms with Crippen molar-refractivity contribution in [1.29, 1.82) is 0 Å². The molecule has 0 N–H and O–H groups in total. The molecule has 0 radical (unpaired) electrons. The van der Waals surface area contributed by atoms with Gasteiger partial charge in [-0.05, 0) is 32.8 Å². The van der Waals surface area contributed by atoms with Crippen LogP contribution in [0.25, 0.3) is 0 Å². The van der Waals surface area contributed by atoms with Crippen LogP contribution in [0.15, 0.2) is 35.5 Å². The first-order valence-electron chi connectivity index (χ1n) is 6.24. The molecule has 1 aromatic rings. The molecule has 0 spiro atoms. The van der Waals surface area contributed by atoms with E-state index in [1.807, 2.05) is 58.0 Å². The van der Waals surface area contributed by atoms with Crippen molar-refractivity contribution in [2.45, 2.75) is 40.5 Å². The Morgan fingerprint density at radius 2 is 1.83 bits per heavy atom. The second kappa shape index (κ2) is 6.34. The summed E-state index contributed by atoms with van der Waals surface area (Å²) < 4.78 is 0. The van der Waals surface area contributed by atoms with Gasteiger partial charge in [0.2, 0.25) is 0 Å². The summed E-state index contributed by atoms with van der Waals surface area (Å²) in [7, 11) is 0. The van der Waals surface area contributed by atoms with Crippen molar-refractivity contribution in [3.63, 3.8) is 0 Å². The fourth-order valence-electron chi connectivity index (χ4n) is 1.30. The maximum absolute atomic E-state index is 11.6. The van der Waals surface area contributed by atoms with Gasteiger partial charge in [0.1, 0.15) is 0 Å². The number of nitrogens with zero attached hydrogens (tertiary/aromatic N) is 1. The van der Waals surface area contributed by atoms with E-state index in [0.717, 1.165) is 18.6 Å². The van der Waals surface area contributed by atoms with Gasteiger partial charge in [0.15, 0.2) is 0 Å². The van der Waals surface area contributed by atoms with E-state index in [9.17, 15) is 4.79 Å². The van der Waals surface area contributed by atoms with Crippen LogP contribution in [-0.4, -0.2) is 11.7 Å². The number of carbonyl (C=O) groups is 1. The van der Waals surface area contributed by atoms with Gasteiger partial charge >= 0.3 is 5.97 Å². The molecule has 98 valence electrons. The smallest absolute Gasteiger partial charge is 0.318 e. The highest BCUT2D eigenvalue weighted by atomic mass is 16.7. The standard InChI is InChI=1S/C15H21NO2/c1-5-13(11-12-9-7-6-8-10-12)16-18-14(17)15(2,3)4/h6-10H,5,11H2,1-4H3/b16-13+. The van der Waals surface area contributed by atoms with Gasteiger partial charge in [-0.2, -0.15) is 0 Å². The summed E-state index contributed by atoms with van der Waals surface area (Å²) in [4.78, 5) is 16.6. The lowest BCUT2D eigenvalue weighted by molar-refractivity contribution is -0.152. The van der Waals surface area contributed by atoms with Crippen LogP contribution in [0, 0.1) is 5.41 Å². The SMILES string of the molecule is CC/C(Cc1ccccc1)=N\OC(=O)C(C)(C)C. The van der Waals surface area contributed by atoms with Gasteiger partial charge in [-0.3, -0.25) is 0 Å². The Kier molecular flexibility index (Phi) is 5.08. The van der Waals surface area contributed by atoms with Crippen molar-refractivity contribution in [1.82, 2.24) is 0 Å². The molecular formula is C15H21NO2. The van der Waals surface area contributed by atoms with Crippen molar-refractivity contribution in [3.8, 4) is 0 Å². The van der Waals surface area contributed by atoms with E-state index in [1.165, 1.54) is 5.56 Å². The molecular weight excluding hydrogens is 226 g/mol. The highest BCUT2D eigenvalue weighted by Gasteiger charge is 2.23. The van der Waals surface area contributed by atoms with Crippen LogP contribution >= 0.6 is 0 Å². The maximum Gasteiger partial charge on any atom is 0.340 e. The van der Waals surface area contributed by atoms with Gasteiger partial charge in [0.25, 0.3) is 0 Å². The minimum Gasteiger partial charge on any atom is -0.318 e. The van der Waals surface area contributed by atoms with Crippen molar-refractivity contribution in [3.05, 3.63) is 35.9 Å². The summed E-state index contributed by atoms with van der Waals surface area (Å²) >= 11 is 0.